The van der Waals surface area contributed by atoms with Crippen LogP contribution in [0.1, 0.15) is 12.6 Å². The molecule has 4 N–H and O–H groups in total. The molecule has 0 unspecified atom stereocenters. The van der Waals surface area contributed by atoms with Crippen LogP contribution in [-0.4, -0.2) is 355 Å². The number of carbonyl (C=O) groups excluding carboxylic acids is 2. The first-order valence-electron chi connectivity index (χ1n) is 24.5. The number of hydrogen-bond donors (Lipinski definition) is 4. The van der Waals surface area contributed by atoms with Crippen LogP contribution in [0, 0.1) is 19.3 Å². The van der Waals surface area contributed by atoms with Crippen molar-refractivity contribution < 1.29 is 70.0 Å². The third-order valence-electron chi connectivity index (χ3n) is 11.2. The Labute approximate surface area is 478 Å². The number of carbonyl (C=O) groups is 6. The Balaban J connectivity index is -0.00000101. The maximum Gasteiger partial charge on any atom is 0.472 e. The van der Waals surface area contributed by atoms with Crippen LogP contribution in [0.2, 0.25) is 0 Å². The van der Waals surface area contributed by atoms with Gasteiger partial charge in [0.15, 0.2) is 0 Å². The van der Waals surface area contributed by atoms with Crippen molar-refractivity contribution in [1.82, 2.24) is 59.1 Å². The standard InChI is InChI=1S/C15H26N6O4.2C12H22N6O4.C3H4.3Al.3FH.6H/c1-13-10-21(17-16-13)9-8-18-2-4-19(11-14(22)23)6-7-20(5-3-18)12-15(24)25;2*13-15-14-1-2-16-3-5-17(9-11(19)20)7-8-18(6-4-16)10-12(21)22;1-3-2;;;;;;;;;;;;/h10H,2-9,11-12H2,1H3,(H,22,23)(H,24,25);2*1-10H2,(H,19,20)(H,21,22);1H,2H3;;;;3*1H;;;;;;/q;;;;3*+1;;;;;;;;;/p-5/i;;;;;;;3*1-1;;;;;;. The van der Waals surface area contributed by atoms with Gasteiger partial charge in [0.25, 0.3) is 0 Å². The highest BCUT2D eigenvalue weighted by Crippen LogP contribution is 2.05. The number of azide groups is 2. The molecule has 0 radical (unpaired) electrons. The van der Waals surface area contributed by atoms with Crippen molar-refractivity contribution in [3.8, 4) is 12.3 Å². The molecule has 3 aliphatic heterocycles. The summed E-state index contributed by atoms with van der Waals surface area (Å²) in [6, 6.07) is 0. The lowest BCUT2D eigenvalue weighted by Gasteiger charge is -2.25. The van der Waals surface area contributed by atoms with E-state index >= 15 is 0 Å². The SMILES string of the molecule is C#CC.Cc1cn(CCN2CCN(CC(=O)[O-])CCN(CC(=O)O)CC2)nn1.[18F][AlH2].[18F][AlH2].[18F][AlH2].[N-]=[N+]=NCCN1CCN(CC(=O)O)CCN(CC(=O)O)CC1.[N-]=[N+]=NCCN1CCN(CC(=O)[O-])CCN(CC(=O)O)CC1. The summed E-state index contributed by atoms with van der Waals surface area (Å²) in [5, 5.41) is 72.5. The number of nitrogens with zero attached hydrogens (tertiary/aromatic N) is 18. The molecule has 0 spiro atoms. The minimum Gasteiger partial charge on any atom is -0.549 e. The fourth-order valence-corrected chi connectivity index (χ4v) is 7.51. The lowest BCUT2D eigenvalue weighted by Crippen LogP contribution is -2.43. The van der Waals surface area contributed by atoms with Crippen LogP contribution in [0.4, 0.5) is 10.6 Å². The molecule has 440 valence electrons. The van der Waals surface area contributed by atoms with Crippen LogP contribution in [0.5, 0.6) is 0 Å². The molecular weight excluding hydrogens is 1080 g/mol. The van der Waals surface area contributed by atoms with Crippen molar-refractivity contribution in [3.63, 3.8) is 0 Å². The van der Waals surface area contributed by atoms with Crippen LogP contribution in [0.15, 0.2) is 16.4 Å². The first-order valence-corrected chi connectivity index (χ1v) is 26.8. The summed E-state index contributed by atoms with van der Waals surface area (Å²) in [5.74, 6) is -3.60. The van der Waals surface area contributed by atoms with Crippen LogP contribution in [-0.2, 0) is 35.3 Å². The fourth-order valence-electron chi connectivity index (χ4n) is 7.51. The molecule has 0 bridgehead atoms. The van der Waals surface area contributed by atoms with Crippen molar-refractivity contribution >= 4 is 86.1 Å². The number of halogens is 3. The van der Waals surface area contributed by atoms with E-state index in [1.54, 1.807) is 36.1 Å². The topological polar surface area (TPSA) is 387 Å². The van der Waals surface area contributed by atoms with Crippen LogP contribution >= 0.6 is 0 Å². The molecule has 1 aromatic rings. The van der Waals surface area contributed by atoms with Gasteiger partial charge in [-0.2, -0.15) is 0 Å². The number of aryl methyl sites for hydroxylation is 1. The second kappa shape index (κ2) is 51.6. The fraction of sp³-hybridized carbons (Fsp3) is 0.762. The zero-order chi connectivity index (χ0) is 59.7. The Morgan fingerprint density at radius 2 is 0.756 bits per heavy atom. The highest BCUT2D eigenvalue weighted by molar-refractivity contribution is 5.96. The maximum absolute atomic E-state index is 11.0. The molecule has 4 rings (SSSR count). The summed E-state index contributed by atoms with van der Waals surface area (Å²) in [6.45, 7) is 16.8. The minimum absolute atomic E-state index is 0.0464. The van der Waals surface area contributed by atoms with E-state index < -0.39 is 35.8 Å². The number of rotatable bonds is 21. The van der Waals surface area contributed by atoms with Gasteiger partial charge in [0.2, 0.25) is 0 Å². The van der Waals surface area contributed by atoms with E-state index in [1.165, 1.54) is 0 Å². The van der Waals surface area contributed by atoms with Gasteiger partial charge in [0.05, 0.1) is 50.4 Å². The van der Waals surface area contributed by atoms with Gasteiger partial charge in [-0.05, 0) is 24.9 Å². The number of hydrogen-bond acceptors (Lipinski definition) is 21. The Bertz CT molecular complexity index is 1800. The van der Waals surface area contributed by atoms with E-state index in [4.69, 9.17) is 31.5 Å². The lowest BCUT2D eigenvalue weighted by molar-refractivity contribution is -0.307. The van der Waals surface area contributed by atoms with Crippen LogP contribution in [0.25, 0.3) is 20.9 Å². The molecule has 0 aliphatic carbocycles. The second-order valence-corrected chi connectivity index (χ2v) is 16.8. The number of aliphatic carboxylic acids is 6. The number of carboxylic acid groups (broad SMARTS) is 6. The van der Waals surface area contributed by atoms with Gasteiger partial charge in [-0.25, -0.2) is 0 Å². The average Bonchev–Trinajstić information content (AvgIpc) is 3.90. The third kappa shape index (κ3) is 45.1. The Kier molecular flexibility index (Phi) is 51.2. The highest BCUT2D eigenvalue weighted by Gasteiger charge is 2.21. The minimum atomic E-state index is -1.15. The van der Waals surface area contributed by atoms with E-state index in [-0.39, 0.29) is 89.5 Å². The van der Waals surface area contributed by atoms with Crippen LogP contribution < -0.4 is 10.2 Å². The molecule has 30 nitrogen and oxygen atoms in total. The monoisotopic (exact) mass is 1160 g/mol. The zero-order valence-corrected chi connectivity index (χ0v) is 51.6. The summed E-state index contributed by atoms with van der Waals surface area (Å²) in [5.41, 5.74) is 17.5. The quantitative estimate of drug-likeness (QED) is 0.0293. The van der Waals surface area contributed by atoms with Gasteiger partial charge in [0.1, 0.15) is 0 Å². The van der Waals surface area contributed by atoms with E-state index in [9.17, 15) is 49.6 Å². The van der Waals surface area contributed by atoms with Crippen molar-refractivity contribution in [2.24, 2.45) is 10.2 Å². The summed E-state index contributed by atoms with van der Waals surface area (Å²) < 4.78 is 30.7. The molecule has 0 saturated carbocycles. The summed E-state index contributed by atoms with van der Waals surface area (Å²) in [4.78, 5) is 87.8. The first kappa shape index (κ1) is 77.4. The molecule has 3 fully saturated rings. The molecule has 36 heteroatoms. The molecule has 3 aliphatic rings. The smallest absolute Gasteiger partial charge is 0.472 e. The third-order valence-corrected chi connectivity index (χ3v) is 11.2. The predicted molar refractivity (Wildman–Crippen MR) is 285 cm³/mol. The van der Waals surface area contributed by atoms with Gasteiger partial charge in [-0.3, -0.25) is 58.2 Å². The maximum atomic E-state index is 11.0. The Morgan fingerprint density at radius 1 is 0.526 bits per heavy atom. The first-order chi connectivity index (χ1) is 37.3. The molecule has 0 atom stereocenters. The van der Waals surface area contributed by atoms with Crippen molar-refractivity contribution in [1.29, 1.82) is 0 Å². The van der Waals surface area contributed by atoms with E-state index in [0.717, 1.165) is 18.8 Å². The summed E-state index contributed by atoms with van der Waals surface area (Å²) in [6.07, 6.45) is 6.47. The lowest BCUT2D eigenvalue weighted by atomic mass is 10.4. The van der Waals surface area contributed by atoms with Gasteiger partial charge >= 0.3 is 74.1 Å². The highest BCUT2D eigenvalue weighted by atomic mass is 27.1. The van der Waals surface area contributed by atoms with Gasteiger partial charge in [0, 0.05) is 180 Å². The van der Waals surface area contributed by atoms with Gasteiger partial charge in [-0.1, -0.05) is 15.4 Å². The second-order valence-electron chi connectivity index (χ2n) is 16.8. The molecule has 1 aromatic heterocycles. The van der Waals surface area contributed by atoms with Crippen LogP contribution in [0.3, 0.4) is 0 Å². The number of terminal acetylenes is 1. The molecule has 3 saturated heterocycles. The number of carboxylic acids is 6. The zero-order valence-electron chi connectivity index (χ0n) is 45.6. The predicted octanol–water partition coefficient (Wildman–Crippen LogP) is -6.07. The largest absolute Gasteiger partial charge is 0.549 e. The summed E-state index contributed by atoms with van der Waals surface area (Å²) in [7, 11) is 0. The molecule has 0 amide bonds. The Morgan fingerprint density at radius 3 is 0.962 bits per heavy atom. The van der Waals surface area contributed by atoms with Gasteiger partial charge < -0.3 is 60.6 Å². The van der Waals surface area contributed by atoms with E-state index in [2.05, 4.69) is 52.5 Å². The molecule has 0 aromatic carbocycles. The van der Waals surface area contributed by atoms with Gasteiger partial charge in [-0.15, -0.1) is 17.4 Å². The number of aromatic nitrogens is 3. The van der Waals surface area contributed by atoms with Crippen molar-refractivity contribution in [2.45, 2.75) is 20.4 Å². The molecule has 4 heterocycles. The Hall–Kier alpha value is -4.83. The van der Waals surface area contributed by atoms with E-state index in [0.29, 0.717) is 144 Å². The van der Waals surface area contributed by atoms with E-state index in [1.807, 2.05) is 22.9 Å². The van der Waals surface area contributed by atoms with Crippen molar-refractivity contribution in [2.75, 3.05) is 190 Å². The van der Waals surface area contributed by atoms with Crippen molar-refractivity contribution in [3.05, 3.63) is 32.8 Å². The average molecular weight is 1160 g/mol. The molecular formula is C42H78Al3F3N18O12-2. The summed E-state index contributed by atoms with van der Waals surface area (Å²) >= 11 is -0.583. The normalized spacial score (nSPS) is 16.8. The molecule has 78 heavy (non-hydrogen) atoms.